The topological polar surface area (TPSA) is 13.1 Å². The summed E-state index contributed by atoms with van der Waals surface area (Å²) in [6, 6.07) is 91.1. The van der Waals surface area contributed by atoms with Gasteiger partial charge in [0, 0.05) is 10.8 Å². The third-order valence-corrected chi connectivity index (χ3v) is 17.4. The van der Waals surface area contributed by atoms with Crippen molar-refractivity contribution in [3.63, 3.8) is 0 Å². The summed E-state index contributed by atoms with van der Waals surface area (Å²) in [6.45, 7) is 0. The average molecular weight is 1100 g/mol. The molecule has 0 fully saturated rings. The molecule has 0 atom stereocenters. The highest BCUT2D eigenvalue weighted by Gasteiger charge is 2.20. The number of hydrogen-bond donors (Lipinski definition) is 0. The molecule has 0 bridgehead atoms. The van der Waals surface area contributed by atoms with Crippen LogP contribution in [0.2, 0.25) is 0 Å². The maximum atomic E-state index is 9.14. The van der Waals surface area contributed by atoms with Gasteiger partial charge in [-0.1, -0.05) is 285 Å². The predicted octanol–water partition coefficient (Wildman–Crippen LogP) is 23.1. The third-order valence-electron chi connectivity index (χ3n) is 17.4. The van der Waals surface area contributed by atoms with Crippen molar-refractivity contribution in [1.82, 2.24) is 0 Å². The number of hydrogen-bond acceptors (Lipinski definition) is 1. The molecule has 1 heteroatoms. The fraction of sp³-hybridized carbons (Fsp3) is 0.0353. The van der Waals surface area contributed by atoms with Crippen LogP contribution in [0.4, 0.5) is 0 Å². The fourth-order valence-corrected chi connectivity index (χ4v) is 13.3. The largest absolute Gasteiger partial charge is 0.456 e. The smallest absolute Gasteiger partial charge is 0.136 e. The van der Waals surface area contributed by atoms with E-state index in [2.05, 4.69) is 188 Å². The van der Waals surface area contributed by atoms with Gasteiger partial charge in [0.25, 0.3) is 0 Å². The lowest BCUT2D eigenvalue weighted by atomic mass is 9.85. The maximum Gasteiger partial charge on any atom is 0.136 e. The molecule has 16 aromatic carbocycles. The van der Waals surface area contributed by atoms with Crippen molar-refractivity contribution in [2.75, 3.05) is 0 Å². The summed E-state index contributed by atoms with van der Waals surface area (Å²) in [6.07, 6.45) is 1.87. The molecule has 0 spiro atoms. The summed E-state index contributed by atoms with van der Waals surface area (Å²) < 4.78 is 77.2. The second kappa shape index (κ2) is 21.7. The summed E-state index contributed by atoms with van der Waals surface area (Å²) in [7, 11) is 0. The van der Waals surface area contributed by atoms with Gasteiger partial charge in [-0.3, -0.25) is 0 Å². The molecule has 0 unspecified atom stereocenters. The van der Waals surface area contributed by atoms with Gasteiger partial charge in [-0.05, 0) is 192 Å². The lowest BCUT2D eigenvalue weighted by Crippen LogP contribution is -1.99. The van der Waals surface area contributed by atoms with Crippen LogP contribution in [0.5, 0.6) is 0 Å². The van der Waals surface area contributed by atoms with E-state index in [1.54, 1.807) is 24.3 Å². The fourth-order valence-electron chi connectivity index (χ4n) is 13.3. The van der Waals surface area contributed by atoms with Crippen LogP contribution in [0.3, 0.4) is 0 Å². The van der Waals surface area contributed by atoms with Gasteiger partial charge < -0.3 is 4.42 Å². The summed E-state index contributed by atoms with van der Waals surface area (Å²) >= 11 is 0. The highest BCUT2D eigenvalue weighted by Crippen LogP contribution is 2.43. The Balaban J connectivity index is 0.000000149. The Labute approximate surface area is 511 Å². The molecule has 0 aliphatic rings. The molecule has 0 aliphatic carbocycles. The maximum absolute atomic E-state index is 9.14. The first-order chi connectivity index (χ1) is 45.9. The third kappa shape index (κ3) is 9.22. The second-order valence-corrected chi connectivity index (χ2v) is 22.4. The van der Waals surface area contributed by atoms with E-state index in [0.717, 1.165) is 39.9 Å². The van der Waals surface area contributed by atoms with E-state index in [-0.39, 0.29) is 52.1 Å². The monoisotopic (exact) mass is 1100 g/mol. The van der Waals surface area contributed by atoms with Crippen molar-refractivity contribution >= 4 is 97.3 Å². The molecule has 17 rings (SSSR count). The van der Waals surface area contributed by atoms with Crippen molar-refractivity contribution in [2.45, 2.75) is 19.3 Å². The zero-order chi connectivity index (χ0) is 63.9. The molecule has 1 nitrogen and oxygen atoms in total. The van der Waals surface area contributed by atoms with Gasteiger partial charge in [0.2, 0.25) is 0 Å². The van der Waals surface area contributed by atoms with Gasteiger partial charge in [0.15, 0.2) is 0 Å². The quantitative estimate of drug-likeness (QED) is 0.131. The van der Waals surface area contributed by atoms with E-state index in [1.807, 2.05) is 54.6 Å². The Morgan fingerprint density at radius 3 is 1.44 bits per heavy atom. The molecule has 1 heterocycles. The number of fused-ring (bicyclic) bond motifs is 10. The first-order valence-electron chi connectivity index (χ1n) is 33.4. The molecule has 86 heavy (non-hydrogen) atoms. The van der Waals surface area contributed by atoms with E-state index in [9.17, 15) is 0 Å². The van der Waals surface area contributed by atoms with Crippen LogP contribution in [0, 0.1) is 0 Å². The second-order valence-electron chi connectivity index (χ2n) is 22.4. The van der Waals surface area contributed by atoms with Crippen LogP contribution in [0.25, 0.3) is 131 Å². The molecule has 0 aliphatic heterocycles. The van der Waals surface area contributed by atoms with Crippen molar-refractivity contribution in [2.24, 2.45) is 0 Å². The van der Waals surface area contributed by atoms with E-state index < -0.39 is 24.2 Å². The highest BCUT2D eigenvalue weighted by molar-refractivity contribution is 6.16. The summed E-state index contributed by atoms with van der Waals surface area (Å²) in [5.41, 5.74) is 14.0. The molecular weight excluding hydrogens is 1040 g/mol. The van der Waals surface area contributed by atoms with Crippen LogP contribution in [0.15, 0.2) is 320 Å². The first kappa shape index (κ1) is 42.9. The average Bonchev–Trinajstić information content (AvgIpc) is 0.768. The van der Waals surface area contributed by atoms with Gasteiger partial charge >= 0.3 is 0 Å². The van der Waals surface area contributed by atoms with E-state index in [0.29, 0.717) is 27.9 Å². The Bertz CT molecular complexity index is 5830. The molecule has 404 valence electrons. The standard InChI is InChI=1S/C48H34.C37H24O/c1-2-11-34(12-3-1)40-27-28-45-46(29-33-21-23-36(24-22-33)39-26-25-35-13-4-5-15-38(35)30-39)43-19-8-9-20-44(43)48(47(45)31-40)32-41-17-10-16-37-14-6-7-18-42(37)41;1-2-11-24(12-3-1)36-30-18-8-6-16-28(30)32(29-17-7-9-19-31(29)36)22-27-15-10-20-34-37(27)33-21-25-13-4-5-14-26(25)23-35(33)38-34/h1-28,30-31H,29,32H2;1-21,23H,22H2/i;6D,7D,8D,9D,16D,17D,18D,19D. The lowest BCUT2D eigenvalue weighted by molar-refractivity contribution is 0.669. The van der Waals surface area contributed by atoms with E-state index >= 15 is 0 Å². The van der Waals surface area contributed by atoms with Crippen LogP contribution in [-0.4, -0.2) is 0 Å². The Morgan fingerprint density at radius 1 is 0.256 bits per heavy atom. The molecule has 0 amide bonds. The van der Waals surface area contributed by atoms with Crippen molar-refractivity contribution in [1.29, 1.82) is 0 Å². The molecule has 1 aromatic heterocycles. The van der Waals surface area contributed by atoms with Crippen LogP contribution < -0.4 is 0 Å². The summed E-state index contributed by atoms with van der Waals surface area (Å²) in [5, 5.41) is 15.2. The van der Waals surface area contributed by atoms with Crippen LogP contribution in [-0.2, 0) is 19.3 Å². The van der Waals surface area contributed by atoms with Gasteiger partial charge in [0.1, 0.15) is 11.2 Å². The van der Waals surface area contributed by atoms with Crippen molar-refractivity contribution in [3.05, 3.63) is 349 Å². The van der Waals surface area contributed by atoms with E-state index in [4.69, 9.17) is 15.4 Å². The number of benzene rings is 16. The zero-order valence-corrected chi connectivity index (χ0v) is 46.9. The van der Waals surface area contributed by atoms with Gasteiger partial charge in [-0.15, -0.1) is 0 Å². The molecule has 17 aromatic rings. The Morgan fingerprint density at radius 2 is 0.733 bits per heavy atom. The molecule has 0 saturated carbocycles. The van der Waals surface area contributed by atoms with Gasteiger partial charge in [0.05, 0.1) is 11.0 Å². The molecule has 0 N–H and O–H groups in total. The first-order valence-corrected chi connectivity index (χ1v) is 29.4. The molecule has 0 radical (unpaired) electrons. The number of furan rings is 1. The van der Waals surface area contributed by atoms with E-state index in [1.165, 1.54) is 87.6 Å². The molecular formula is C85H58O. The van der Waals surface area contributed by atoms with Gasteiger partial charge in [-0.2, -0.15) is 0 Å². The highest BCUT2D eigenvalue weighted by atomic mass is 16.3. The minimum atomic E-state index is -0.407. The predicted molar refractivity (Wildman–Crippen MR) is 367 cm³/mol. The van der Waals surface area contributed by atoms with Gasteiger partial charge in [-0.25, -0.2) is 0 Å². The van der Waals surface area contributed by atoms with Crippen LogP contribution >= 0.6 is 0 Å². The Hall–Kier alpha value is -10.9. The normalized spacial score (nSPS) is 12.9. The van der Waals surface area contributed by atoms with Crippen molar-refractivity contribution < 1.29 is 15.4 Å². The Kier molecular flexibility index (Phi) is 10.8. The lowest BCUT2D eigenvalue weighted by Gasteiger charge is -2.19. The van der Waals surface area contributed by atoms with Crippen LogP contribution in [0.1, 0.15) is 44.3 Å². The molecule has 0 saturated heterocycles. The SMILES string of the molecule is [2H]c1c([2H])c([2H])c2c(-c3ccccc3)c3c([2H])c([2H])c([2H])c([2H])c3c(Cc3cccc4oc5cc6ccccc6cc5c34)c2c1[2H].c1ccc(-c2ccc3c(Cc4ccc(-c5ccc6ccccc6c5)cc4)c4ccccc4c(Cc4cccc5ccccc45)c3c2)cc1. The summed E-state index contributed by atoms with van der Waals surface area (Å²) in [5.74, 6) is 0. The summed E-state index contributed by atoms with van der Waals surface area (Å²) in [4.78, 5) is 0. The number of rotatable bonds is 9. The van der Waals surface area contributed by atoms with Crippen molar-refractivity contribution in [3.8, 4) is 33.4 Å². The minimum absolute atomic E-state index is 0.130. The minimum Gasteiger partial charge on any atom is -0.456 e. The zero-order valence-electron chi connectivity index (χ0n) is 54.9.